The van der Waals surface area contributed by atoms with E-state index >= 15 is 0 Å². The molecule has 0 unspecified atom stereocenters. The van der Waals surface area contributed by atoms with Crippen molar-refractivity contribution < 1.29 is 18.7 Å². The van der Waals surface area contributed by atoms with Crippen molar-refractivity contribution in [1.82, 2.24) is 0 Å². The van der Waals surface area contributed by atoms with Crippen molar-refractivity contribution in [1.29, 1.82) is 0 Å². The van der Waals surface area contributed by atoms with Crippen molar-refractivity contribution in [3.63, 3.8) is 0 Å². The SMILES string of the molecule is Cc1c(C(=O)Nc2cc3c(cc2Cl)NC(=O)CO3)oc2c(C)cccc12. The fourth-order valence-electron chi connectivity index (χ4n) is 2.98. The van der Waals surface area contributed by atoms with Crippen molar-refractivity contribution in [3.8, 4) is 5.75 Å². The van der Waals surface area contributed by atoms with Gasteiger partial charge >= 0.3 is 0 Å². The number of rotatable bonds is 2. The fraction of sp³-hybridized carbons (Fsp3) is 0.158. The van der Waals surface area contributed by atoms with Crippen LogP contribution in [0.2, 0.25) is 5.02 Å². The normalized spacial score (nSPS) is 13.1. The van der Waals surface area contributed by atoms with Crippen LogP contribution in [0.4, 0.5) is 11.4 Å². The van der Waals surface area contributed by atoms with E-state index in [4.69, 9.17) is 20.8 Å². The van der Waals surface area contributed by atoms with Crippen LogP contribution in [0.25, 0.3) is 11.0 Å². The number of para-hydroxylation sites is 1. The Labute approximate surface area is 154 Å². The van der Waals surface area contributed by atoms with Crippen LogP contribution in [0.5, 0.6) is 5.75 Å². The summed E-state index contributed by atoms with van der Waals surface area (Å²) in [6.45, 7) is 3.69. The van der Waals surface area contributed by atoms with Crippen molar-refractivity contribution in [3.05, 3.63) is 52.2 Å². The van der Waals surface area contributed by atoms with Crippen molar-refractivity contribution in [2.45, 2.75) is 13.8 Å². The van der Waals surface area contributed by atoms with E-state index in [1.54, 1.807) is 12.1 Å². The predicted molar refractivity (Wildman–Crippen MR) is 99.2 cm³/mol. The van der Waals surface area contributed by atoms with Crippen molar-refractivity contribution >= 4 is 45.8 Å². The summed E-state index contributed by atoms with van der Waals surface area (Å²) < 4.78 is 11.1. The van der Waals surface area contributed by atoms with Gasteiger partial charge in [0.2, 0.25) is 0 Å². The summed E-state index contributed by atoms with van der Waals surface area (Å²) in [6.07, 6.45) is 0. The molecule has 1 aromatic heterocycles. The van der Waals surface area contributed by atoms with Gasteiger partial charge in [0.1, 0.15) is 11.3 Å². The minimum absolute atomic E-state index is 0.0794. The Balaban J connectivity index is 1.68. The molecule has 3 aromatic rings. The van der Waals surface area contributed by atoms with Crippen LogP contribution in [-0.2, 0) is 4.79 Å². The Morgan fingerprint density at radius 2 is 2.08 bits per heavy atom. The number of amides is 2. The van der Waals surface area contributed by atoms with Gasteiger partial charge in [-0.25, -0.2) is 0 Å². The van der Waals surface area contributed by atoms with Crippen LogP contribution < -0.4 is 15.4 Å². The number of carbonyl (C=O) groups excluding carboxylic acids is 2. The minimum Gasteiger partial charge on any atom is -0.482 e. The molecule has 2 amide bonds. The lowest BCUT2D eigenvalue weighted by Crippen LogP contribution is -2.25. The lowest BCUT2D eigenvalue weighted by molar-refractivity contribution is -0.118. The zero-order chi connectivity index (χ0) is 18.4. The first-order chi connectivity index (χ1) is 12.4. The number of hydrogen-bond donors (Lipinski definition) is 2. The Bertz CT molecular complexity index is 1070. The molecule has 0 saturated carbocycles. The highest BCUT2D eigenvalue weighted by Crippen LogP contribution is 2.37. The standard InChI is InChI=1S/C19H15ClN2O4/c1-9-4-3-5-11-10(2)18(26-17(9)11)19(24)22-13-7-15-14(6-12(13)20)21-16(23)8-25-15/h3-7H,8H2,1-2H3,(H,21,23)(H,22,24). The van der Waals surface area contributed by atoms with Gasteiger partial charge in [-0.05, 0) is 25.5 Å². The number of fused-ring (bicyclic) bond motifs is 2. The third kappa shape index (κ3) is 2.68. The molecule has 0 saturated heterocycles. The molecule has 0 spiro atoms. The molecule has 0 atom stereocenters. The van der Waals surface area contributed by atoms with E-state index in [1.165, 1.54) is 0 Å². The first kappa shape index (κ1) is 16.5. The number of benzene rings is 2. The number of aryl methyl sites for hydroxylation is 2. The molecule has 0 bridgehead atoms. The van der Waals surface area contributed by atoms with Crippen LogP contribution >= 0.6 is 11.6 Å². The summed E-state index contributed by atoms with van der Waals surface area (Å²) in [5.41, 5.74) is 3.26. The minimum atomic E-state index is -0.403. The third-order valence-corrected chi connectivity index (χ3v) is 4.63. The van der Waals surface area contributed by atoms with E-state index in [9.17, 15) is 9.59 Å². The molecule has 6 nitrogen and oxygen atoms in total. The van der Waals surface area contributed by atoms with E-state index in [-0.39, 0.29) is 23.3 Å². The van der Waals surface area contributed by atoms with E-state index < -0.39 is 5.91 Å². The number of carbonyl (C=O) groups is 2. The maximum absolute atomic E-state index is 12.7. The highest BCUT2D eigenvalue weighted by molar-refractivity contribution is 6.34. The fourth-order valence-corrected chi connectivity index (χ4v) is 3.19. The van der Waals surface area contributed by atoms with Crippen molar-refractivity contribution in [2.75, 3.05) is 17.2 Å². The van der Waals surface area contributed by atoms with Gasteiger partial charge < -0.3 is 19.8 Å². The molecule has 2 aromatic carbocycles. The average Bonchev–Trinajstić information content (AvgIpc) is 2.94. The smallest absolute Gasteiger partial charge is 0.291 e. The lowest BCUT2D eigenvalue weighted by atomic mass is 10.1. The molecule has 1 aliphatic rings. The van der Waals surface area contributed by atoms with Gasteiger partial charge in [0.15, 0.2) is 12.4 Å². The summed E-state index contributed by atoms with van der Waals surface area (Å²) in [4.78, 5) is 24.1. The molecular formula is C19H15ClN2O4. The highest BCUT2D eigenvalue weighted by atomic mass is 35.5. The topological polar surface area (TPSA) is 80.6 Å². The number of halogens is 1. The molecule has 0 aliphatic carbocycles. The van der Waals surface area contributed by atoms with E-state index in [0.29, 0.717) is 22.7 Å². The number of furan rings is 1. The Kier molecular flexibility index (Phi) is 3.85. The van der Waals surface area contributed by atoms with Crippen LogP contribution in [0.3, 0.4) is 0 Å². The number of anilines is 2. The number of nitrogens with one attached hydrogen (secondary N) is 2. The summed E-state index contributed by atoms with van der Waals surface area (Å²) in [7, 11) is 0. The molecular weight excluding hydrogens is 356 g/mol. The van der Waals surface area contributed by atoms with E-state index in [2.05, 4.69) is 10.6 Å². The molecule has 0 fully saturated rings. The van der Waals surface area contributed by atoms with Gasteiger partial charge in [-0.2, -0.15) is 0 Å². The zero-order valence-corrected chi connectivity index (χ0v) is 14.9. The van der Waals surface area contributed by atoms with Gasteiger partial charge in [0, 0.05) is 17.0 Å². The van der Waals surface area contributed by atoms with Gasteiger partial charge in [0.25, 0.3) is 11.8 Å². The Morgan fingerprint density at radius 3 is 2.85 bits per heavy atom. The maximum Gasteiger partial charge on any atom is 0.291 e. The number of hydrogen-bond acceptors (Lipinski definition) is 4. The molecule has 1 aliphatic heterocycles. The summed E-state index contributed by atoms with van der Waals surface area (Å²) in [5, 5.41) is 6.60. The molecule has 2 N–H and O–H groups in total. The van der Waals surface area contributed by atoms with E-state index in [0.717, 1.165) is 16.5 Å². The molecule has 2 heterocycles. The Morgan fingerprint density at radius 1 is 1.27 bits per heavy atom. The lowest BCUT2D eigenvalue weighted by Gasteiger charge is -2.19. The molecule has 4 rings (SSSR count). The molecule has 0 radical (unpaired) electrons. The first-order valence-corrected chi connectivity index (χ1v) is 8.38. The van der Waals surface area contributed by atoms with Crippen molar-refractivity contribution in [2.24, 2.45) is 0 Å². The molecule has 26 heavy (non-hydrogen) atoms. The third-order valence-electron chi connectivity index (χ3n) is 4.32. The number of ether oxygens (including phenoxy) is 1. The summed E-state index contributed by atoms with van der Waals surface area (Å²) in [6, 6.07) is 8.89. The highest BCUT2D eigenvalue weighted by Gasteiger charge is 2.22. The van der Waals surface area contributed by atoms with Crippen LogP contribution in [-0.4, -0.2) is 18.4 Å². The maximum atomic E-state index is 12.7. The summed E-state index contributed by atoms with van der Waals surface area (Å²) >= 11 is 6.23. The largest absolute Gasteiger partial charge is 0.482 e. The monoisotopic (exact) mass is 370 g/mol. The first-order valence-electron chi connectivity index (χ1n) is 8.00. The molecule has 132 valence electrons. The van der Waals surface area contributed by atoms with Crippen LogP contribution in [0.1, 0.15) is 21.7 Å². The second-order valence-electron chi connectivity index (χ2n) is 6.13. The predicted octanol–water partition coefficient (Wildman–Crippen LogP) is 4.29. The summed E-state index contributed by atoms with van der Waals surface area (Å²) in [5.74, 6) is 0.0252. The van der Waals surface area contributed by atoms with Gasteiger partial charge in [-0.1, -0.05) is 29.8 Å². The van der Waals surface area contributed by atoms with Gasteiger partial charge in [-0.15, -0.1) is 0 Å². The zero-order valence-electron chi connectivity index (χ0n) is 14.1. The average molecular weight is 371 g/mol. The van der Waals surface area contributed by atoms with Gasteiger partial charge in [-0.3, -0.25) is 9.59 Å². The van der Waals surface area contributed by atoms with Gasteiger partial charge in [0.05, 0.1) is 16.4 Å². The quantitative estimate of drug-likeness (QED) is 0.705. The molecule has 7 heteroatoms. The second-order valence-corrected chi connectivity index (χ2v) is 6.53. The van der Waals surface area contributed by atoms with Crippen LogP contribution in [0, 0.1) is 13.8 Å². The van der Waals surface area contributed by atoms with Crippen LogP contribution in [0.15, 0.2) is 34.7 Å². The second kappa shape index (κ2) is 6.07. The Hall–Kier alpha value is -2.99. The van der Waals surface area contributed by atoms with E-state index in [1.807, 2.05) is 32.0 Å².